The molecular formula is C15H35NO4S. The van der Waals surface area contributed by atoms with Gasteiger partial charge in [-0.1, -0.05) is 33.1 Å². The van der Waals surface area contributed by atoms with Gasteiger partial charge in [0.2, 0.25) is 0 Å². The van der Waals surface area contributed by atoms with Crippen molar-refractivity contribution in [1.29, 1.82) is 0 Å². The molecule has 0 radical (unpaired) electrons. The number of ether oxygens (including phenoxy) is 1. The van der Waals surface area contributed by atoms with Crippen LogP contribution in [0.2, 0.25) is 0 Å². The van der Waals surface area contributed by atoms with E-state index in [4.69, 9.17) is 0 Å². The van der Waals surface area contributed by atoms with E-state index in [2.05, 4.69) is 17.0 Å². The van der Waals surface area contributed by atoms with Gasteiger partial charge >= 0.3 is 0 Å². The van der Waals surface area contributed by atoms with Crippen molar-refractivity contribution in [1.82, 2.24) is 0 Å². The molecule has 0 aliphatic carbocycles. The first-order valence-electron chi connectivity index (χ1n) is 8.06. The van der Waals surface area contributed by atoms with Crippen molar-refractivity contribution in [3.05, 3.63) is 0 Å². The second-order valence-corrected chi connectivity index (χ2v) is 7.01. The fourth-order valence-corrected chi connectivity index (χ4v) is 2.74. The first-order valence-corrected chi connectivity index (χ1v) is 9.64. The molecule has 1 saturated heterocycles. The van der Waals surface area contributed by atoms with Crippen LogP contribution < -0.4 is 5.32 Å². The molecule has 1 rings (SSSR count). The van der Waals surface area contributed by atoms with Crippen molar-refractivity contribution in [2.45, 2.75) is 58.8 Å². The van der Waals surface area contributed by atoms with Gasteiger partial charge < -0.3 is 14.6 Å². The van der Waals surface area contributed by atoms with Gasteiger partial charge in [-0.3, -0.25) is 0 Å². The molecule has 0 aromatic carbocycles. The molecule has 6 heteroatoms. The molecule has 0 aromatic rings. The molecule has 2 N–H and O–H groups in total. The Balaban J connectivity index is 0. The molecule has 1 fully saturated rings. The van der Waals surface area contributed by atoms with Crippen LogP contribution in [0.4, 0.5) is 0 Å². The second-order valence-electron chi connectivity index (χ2n) is 5.49. The van der Waals surface area contributed by atoms with Crippen LogP contribution >= 0.6 is 0 Å². The first-order chi connectivity index (χ1) is 9.91. The summed E-state index contributed by atoms with van der Waals surface area (Å²) in [5.74, 6) is 0.831. The van der Waals surface area contributed by atoms with E-state index < -0.39 is 10.1 Å². The lowest BCUT2D eigenvalue weighted by molar-refractivity contribution is -0.669. The number of rotatable bonds is 6. The third-order valence-corrected chi connectivity index (χ3v) is 4.02. The Hall–Kier alpha value is -0.170. The number of hydrogen-bond acceptors (Lipinski definition) is 4. The van der Waals surface area contributed by atoms with Crippen LogP contribution in [0.15, 0.2) is 0 Å². The third-order valence-electron chi connectivity index (χ3n) is 3.23. The molecule has 0 saturated carbocycles. The van der Waals surface area contributed by atoms with E-state index in [1.807, 2.05) is 6.92 Å². The van der Waals surface area contributed by atoms with Gasteiger partial charge in [0, 0.05) is 25.9 Å². The van der Waals surface area contributed by atoms with E-state index in [0.717, 1.165) is 12.3 Å². The third kappa shape index (κ3) is 22.3. The summed E-state index contributed by atoms with van der Waals surface area (Å²) in [5, 5.41) is 2.48. The van der Waals surface area contributed by atoms with E-state index in [1.165, 1.54) is 45.2 Å². The average molecular weight is 326 g/mol. The summed E-state index contributed by atoms with van der Waals surface area (Å²) in [5.41, 5.74) is 0. The van der Waals surface area contributed by atoms with Gasteiger partial charge in [-0.15, -0.1) is 0 Å². The van der Waals surface area contributed by atoms with E-state index in [0.29, 0.717) is 6.42 Å². The zero-order valence-corrected chi connectivity index (χ0v) is 15.1. The number of quaternary nitrogens is 1. The molecule has 130 valence electrons. The summed E-state index contributed by atoms with van der Waals surface area (Å²) in [6, 6.07) is 0. The lowest BCUT2D eigenvalue weighted by Crippen LogP contribution is -2.87. The summed E-state index contributed by atoms with van der Waals surface area (Å²) in [6.07, 6.45) is 8.47. The lowest BCUT2D eigenvalue weighted by Gasteiger charge is -2.19. The SMILES string of the molecule is CCCCC1CCC[NH2+]C1.CCCCS(=O)(=O)[O-].COC. The van der Waals surface area contributed by atoms with Crippen LogP contribution in [0, 0.1) is 5.92 Å². The number of unbranched alkanes of at least 4 members (excludes halogenated alkanes) is 2. The van der Waals surface area contributed by atoms with E-state index >= 15 is 0 Å². The van der Waals surface area contributed by atoms with Crippen molar-refractivity contribution >= 4 is 10.1 Å². The van der Waals surface area contributed by atoms with Crippen molar-refractivity contribution in [2.24, 2.45) is 5.92 Å². The predicted octanol–water partition coefficient (Wildman–Crippen LogP) is 1.74. The van der Waals surface area contributed by atoms with Gasteiger partial charge in [0.25, 0.3) is 0 Å². The van der Waals surface area contributed by atoms with Gasteiger partial charge in [-0.25, -0.2) is 8.42 Å². The lowest BCUT2D eigenvalue weighted by atomic mass is 9.94. The molecule has 0 bridgehead atoms. The normalized spacial score (nSPS) is 18.0. The number of hydrogen-bond donors (Lipinski definition) is 1. The van der Waals surface area contributed by atoms with Crippen LogP contribution in [0.25, 0.3) is 0 Å². The Labute approximate surface area is 131 Å². The highest BCUT2D eigenvalue weighted by atomic mass is 32.2. The second kappa shape index (κ2) is 16.2. The van der Waals surface area contributed by atoms with Crippen LogP contribution in [-0.2, 0) is 14.9 Å². The topological polar surface area (TPSA) is 83.0 Å². The van der Waals surface area contributed by atoms with E-state index in [-0.39, 0.29) is 5.75 Å². The maximum Gasteiger partial charge on any atom is 0.0945 e. The highest BCUT2D eigenvalue weighted by Crippen LogP contribution is 2.13. The summed E-state index contributed by atoms with van der Waals surface area (Å²) in [4.78, 5) is 0. The maximum atomic E-state index is 9.83. The minimum Gasteiger partial charge on any atom is -0.748 e. The monoisotopic (exact) mass is 325 g/mol. The fourth-order valence-electron chi connectivity index (χ4n) is 2.10. The molecule has 1 heterocycles. The molecule has 0 aromatic heterocycles. The highest BCUT2D eigenvalue weighted by molar-refractivity contribution is 7.85. The van der Waals surface area contributed by atoms with Gasteiger partial charge in [0.05, 0.1) is 23.2 Å². The van der Waals surface area contributed by atoms with Crippen LogP contribution in [-0.4, -0.2) is 46.0 Å². The van der Waals surface area contributed by atoms with Crippen molar-refractivity contribution < 1.29 is 23.0 Å². The van der Waals surface area contributed by atoms with Crippen molar-refractivity contribution in [2.75, 3.05) is 33.1 Å². The number of piperidine rings is 1. The van der Waals surface area contributed by atoms with Gasteiger partial charge in [0.15, 0.2) is 0 Å². The Bertz CT molecular complexity index is 288. The van der Waals surface area contributed by atoms with Crippen LogP contribution in [0.5, 0.6) is 0 Å². The Kier molecular flexibility index (Phi) is 17.8. The summed E-state index contributed by atoms with van der Waals surface area (Å²) in [6.45, 7) is 6.90. The molecule has 5 nitrogen and oxygen atoms in total. The number of nitrogens with two attached hydrogens (primary N) is 1. The largest absolute Gasteiger partial charge is 0.748 e. The highest BCUT2D eigenvalue weighted by Gasteiger charge is 2.14. The van der Waals surface area contributed by atoms with Crippen molar-refractivity contribution in [3.63, 3.8) is 0 Å². The summed E-state index contributed by atoms with van der Waals surface area (Å²) in [7, 11) is -0.686. The van der Waals surface area contributed by atoms with Crippen molar-refractivity contribution in [3.8, 4) is 0 Å². The Morgan fingerprint density at radius 3 is 2.10 bits per heavy atom. The Morgan fingerprint density at radius 1 is 1.19 bits per heavy atom. The molecule has 1 unspecified atom stereocenters. The number of methoxy groups -OCH3 is 1. The summed E-state index contributed by atoms with van der Waals surface area (Å²) < 4.78 is 33.8. The minimum atomic E-state index is -3.94. The van der Waals surface area contributed by atoms with Crippen LogP contribution in [0.3, 0.4) is 0 Å². The molecule has 1 aliphatic heterocycles. The van der Waals surface area contributed by atoms with Gasteiger partial charge in [-0.2, -0.15) is 0 Å². The van der Waals surface area contributed by atoms with Crippen LogP contribution in [0.1, 0.15) is 58.8 Å². The Morgan fingerprint density at radius 2 is 1.76 bits per heavy atom. The first kappa shape index (κ1) is 23.1. The molecule has 0 spiro atoms. The zero-order valence-electron chi connectivity index (χ0n) is 14.3. The van der Waals surface area contributed by atoms with Gasteiger partial charge in [-0.05, 0) is 25.7 Å². The fraction of sp³-hybridized carbons (Fsp3) is 1.00. The standard InChI is InChI=1S/C9H19N.C4H10O3S.C2H6O/c1-2-3-5-9-6-4-7-10-8-9;1-2-3-4-8(5,6)7;1-3-2/h9-10H,2-8H2,1H3;2-4H2,1H3,(H,5,6,7);1-2H3. The predicted molar refractivity (Wildman–Crippen MR) is 86.3 cm³/mol. The van der Waals surface area contributed by atoms with Gasteiger partial charge in [0.1, 0.15) is 0 Å². The molecule has 1 aliphatic rings. The molecule has 1 atom stereocenters. The van der Waals surface area contributed by atoms with E-state index in [1.54, 1.807) is 14.2 Å². The average Bonchev–Trinajstić information content (AvgIpc) is 2.45. The quantitative estimate of drug-likeness (QED) is 0.754. The minimum absolute atomic E-state index is 0.219. The molecular weight excluding hydrogens is 290 g/mol. The molecule has 0 amide bonds. The van der Waals surface area contributed by atoms with E-state index in [9.17, 15) is 13.0 Å². The summed E-state index contributed by atoms with van der Waals surface area (Å²) >= 11 is 0. The zero-order chi connectivity index (χ0) is 16.6. The molecule has 21 heavy (non-hydrogen) atoms. The smallest absolute Gasteiger partial charge is 0.0945 e. The maximum absolute atomic E-state index is 9.83.